The van der Waals surface area contributed by atoms with Gasteiger partial charge in [0.25, 0.3) is 0 Å². The normalized spacial score (nSPS) is 12.0. The van der Waals surface area contributed by atoms with E-state index in [2.05, 4.69) is 4.98 Å². The van der Waals surface area contributed by atoms with E-state index < -0.39 is 12.1 Å². The maximum Gasteiger partial charge on any atom is 0.338 e. The number of ketones is 1. The fourth-order valence-corrected chi connectivity index (χ4v) is 2.98. The average molecular weight is 350 g/mol. The number of nitrogens with zero attached hydrogens (tertiary/aromatic N) is 1. The quantitative estimate of drug-likeness (QED) is 0.559. The van der Waals surface area contributed by atoms with E-state index in [1.54, 1.807) is 19.1 Å². The van der Waals surface area contributed by atoms with Gasteiger partial charge < -0.3 is 14.6 Å². The Morgan fingerprint density at radius 3 is 2.35 bits per heavy atom. The molecular formula is C21H22N2O3. The molecule has 1 unspecified atom stereocenters. The van der Waals surface area contributed by atoms with Gasteiger partial charge in [-0.05, 0) is 44.2 Å². The van der Waals surface area contributed by atoms with Gasteiger partial charge in [0.15, 0.2) is 6.10 Å². The summed E-state index contributed by atoms with van der Waals surface area (Å²) >= 11 is 0. The van der Waals surface area contributed by atoms with Gasteiger partial charge in [0.1, 0.15) is 0 Å². The first-order valence-electron chi connectivity index (χ1n) is 8.48. The molecule has 1 atom stereocenters. The topological polar surface area (TPSA) is 62.4 Å². The van der Waals surface area contributed by atoms with Gasteiger partial charge in [0.05, 0.1) is 5.56 Å². The summed E-state index contributed by atoms with van der Waals surface area (Å²) in [6.07, 6.45) is -0.867. The predicted octanol–water partition coefficient (Wildman–Crippen LogP) is 3.97. The molecule has 5 heteroatoms. The summed E-state index contributed by atoms with van der Waals surface area (Å²) in [6, 6.07) is 14.7. The van der Waals surface area contributed by atoms with Crippen LogP contribution in [0.4, 0.5) is 5.69 Å². The fourth-order valence-electron chi connectivity index (χ4n) is 2.98. The lowest BCUT2D eigenvalue weighted by atomic mass is 10.0. The van der Waals surface area contributed by atoms with Crippen LogP contribution in [0.3, 0.4) is 0 Å². The molecule has 0 bridgehead atoms. The highest BCUT2D eigenvalue weighted by atomic mass is 16.5. The highest BCUT2D eigenvalue weighted by Gasteiger charge is 2.24. The van der Waals surface area contributed by atoms with E-state index in [4.69, 9.17) is 4.74 Å². The molecule has 1 aromatic heterocycles. The second-order valence-electron chi connectivity index (χ2n) is 6.52. The summed E-state index contributed by atoms with van der Waals surface area (Å²) in [6.45, 7) is 3.46. The highest BCUT2D eigenvalue weighted by Crippen LogP contribution is 2.24. The van der Waals surface area contributed by atoms with Crippen molar-refractivity contribution in [3.8, 4) is 0 Å². The number of esters is 1. The lowest BCUT2D eigenvalue weighted by Crippen LogP contribution is -2.25. The number of carbonyl (C=O) groups excluding carboxylic acids is 2. The van der Waals surface area contributed by atoms with E-state index >= 15 is 0 Å². The van der Waals surface area contributed by atoms with Gasteiger partial charge in [0.2, 0.25) is 5.78 Å². The number of nitrogens with one attached hydrogen (secondary N) is 1. The Hall–Kier alpha value is -3.08. The van der Waals surface area contributed by atoms with E-state index in [-0.39, 0.29) is 5.78 Å². The molecule has 5 nitrogen and oxygen atoms in total. The Bertz CT molecular complexity index is 955. The van der Waals surface area contributed by atoms with Gasteiger partial charge >= 0.3 is 5.97 Å². The van der Waals surface area contributed by atoms with E-state index in [1.165, 1.54) is 0 Å². The third-order valence-corrected chi connectivity index (χ3v) is 4.41. The highest BCUT2D eigenvalue weighted by molar-refractivity contribution is 6.11. The van der Waals surface area contributed by atoms with Crippen molar-refractivity contribution in [3.05, 3.63) is 65.4 Å². The van der Waals surface area contributed by atoms with Crippen molar-refractivity contribution >= 4 is 28.3 Å². The maximum absolute atomic E-state index is 12.8. The second-order valence-corrected chi connectivity index (χ2v) is 6.52. The Morgan fingerprint density at radius 2 is 1.69 bits per heavy atom. The molecule has 0 radical (unpaired) electrons. The van der Waals surface area contributed by atoms with E-state index in [1.807, 2.05) is 62.3 Å². The van der Waals surface area contributed by atoms with E-state index in [0.717, 1.165) is 22.3 Å². The number of aromatic amines is 1. The Kier molecular flexibility index (Phi) is 4.80. The van der Waals surface area contributed by atoms with Gasteiger partial charge in [0, 0.05) is 41.9 Å². The number of aryl methyl sites for hydroxylation is 1. The van der Waals surface area contributed by atoms with Crippen molar-refractivity contribution in [1.29, 1.82) is 0 Å². The number of rotatable bonds is 5. The average Bonchev–Trinajstić information content (AvgIpc) is 2.96. The van der Waals surface area contributed by atoms with Gasteiger partial charge in [-0.15, -0.1) is 0 Å². The van der Waals surface area contributed by atoms with Gasteiger partial charge in [-0.1, -0.05) is 18.2 Å². The van der Waals surface area contributed by atoms with Crippen molar-refractivity contribution < 1.29 is 14.3 Å². The SMILES string of the molecule is Cc1[nH]c2ccccc2c1C(=O)C(C)OC(=O)c1ccc(N(C)C)cc1. The minimum atomic E-state index is -0.867. The minimum absolute atomic E-state index is 0.210. The Labute approximate surface area is 152 Å². The van der Waals surface area contributed by atoms with Crippen molar-refractivity contribution in [2.24, 2.45) is 0 Å². The second kappa shape index (κ2) is 7.04. The van der Waals surface area contributed by atoms with Crippen molar-refractivity contribution in [1.82, 2.24) is 4.98 Å². The molecule has 1 N–H and O–H groups in total. The number of ether oxygens (including phenoxy) is 1. The summed E-state index contributed by atoms with van der Waals surface area (Å²) < 4.78 is 5.41. The lowest BCUT2D eigenvalue weighted by Gasteiger charge is -2.14. The molecule has 0 saturated carbocycles. The van der Waals surface area contributed by atoms with Crippen molar-refractivity contribution in [2.45, 2.75) is 20.0 Å². The van der Waals surface area contributed by atoms with Crippen LogP contribution in [0, 0.1) is 6.92 Å². The number of hydrogen-bond donors (Lipinski definition) is 1. The molecule has 0 fully saturated rings. The van der Waals surface area contributed by atoms with Gasteiger partial charge in [-0.3, -0.25) is 4.79 Å². The largest absolute Gasteiger partial charge is 0.451 e. The van der Waals surface area contributed by atoms with Crippen LogP contribution in [0.25, 0.3) is 10.9 Å². The summed E-state index contributed by atoms with van der Waals surface area (Å²) in [7, 11) is 3.86. The zero-order valence-corrected chi connectivity index (χ0v) is 15.4. The third kappa shape index (κ3) is 3.33. The first-order chi connectivity index (χ1) is 12.4. The molecule has 26 heavy (non-hydrogen) atoms. The van der Waals surface area contributed by atoms with Crippen LogP contribution in [0.5, 0.6) is 0 Å². The molecule has 0 aliphatic carbocycles. The van der Waals surface area contributed by atoms with Crippen LogP contribution in [-0.4, -0.2) is 36.9 Å². The number of hydrogen-bond acceptors (Lipinski definition) is 4. The third-order valence-electron chi connectivity index (χ3n) is 4.41. The first kappa shape index (κ1) is 17.7. The number of benzene rings is 2. The molecule has 0 aliphatic heterocycles. The molecule has 134 valence electrons. The molecular weight excluding hydrogens is 328 g/mol. The van der Waals surface area contributed by atoms with Crippen LogP contribution >= 0.6 is 0 Å². The number of fused-ring (bicyclic) bond motifs is 1. The Morgan fingerprint density at radius 1 is 1.04 bits per heavy atom. The fraction of sp³-hybridized carbons (Fsp3) is 0.238. The zero-order chi connectivity index (χ0) is 18.8. The number of aromatic nitrogens is 1. The van der Waals surface area contributed by atoms with Crippen LogP contribution in [-0.2, 0) is 4.74 Å². The molecule has 0 amide bonds. The number of anilines is 1. The monoisotopic (exact) mass is 350 g/mol. The lowest BCUT2D eigenvalue weighted by molar-refractivity contribution is 0.0319. The molecule has 3 aromatic rings. The van der Waals surface area contributed by atoms with Gasteiger partial charge in [-0.25, -0.2) is 4.79 Å². The molecule has 0 saturated heterocycles. The van der Waals surface area contributed by atoms with Crippen LogP contribution < -0.4 is 4.90 Å². The molecule has 1 heterocycles. The number of H-pyrrole nitrogens is 1. The van der Waals surface area contributed by atoms with Crippen LogP contribution in [0.1, 0.15) is 33.3 Å². The van der Waals surface area contributed by atoms with Crippen LogP contribution in [0.15, 0.2) is 48.5 Å². The van der Waals surface area contributed by atoms with Crippen molar-refractivity contribution in [2.75, 3.05) is 19.0 Å². The summed E-state index contributed by atoms with van der Waals surface area (Å²) in [4.78, 5) is 30.4. The molecule has 3 rings (SSSR count). The van der Waals surface area contributed by atoms with E-state index in [0.29, 0.717) is 11.1 Å². The number of para-hydroxylation sites is 1. The molecule has 0 spiro atoms. The zero-order valence-electron chi connectivity index (χ0n) is 15.4. The first-order valence-corrected chi connectivity index (χ1v) is 8.48. The summed E-state index contributed by atoms with van der Waals surface area (Å²) in [5, 5.41) is 0.841. The number of Topliss-reactive ketones (excluding diaryl/α,β-unsaturated/α-hetero) is 1. The summed E-state index contributed by atoms with van der Waals surface area (Å²) in [5.74, 6) is -0.716. The summed E-state index contributed by atoms with van der Waals surface area (Å²) in [5.41, 5.74) is 3.65. The Balaban J connectivity index is 1.78. The minimum Gasteiger partial charge on any atom is -0.451 e. The predicted molar refractivity (Wildman–Crippen MR) is 103 cm³/mol. The number of carbonyl (C=O) groups is 2. The van der Waals surface area contributed by atoms with Crippen LogP contribution in [0.2, 0.25) is 0 Å². The maximum atomic E-state index is 12.8. The standard InChI is InChI=1S/C21H22N2O3/c1-13-19(17-7-5-6-8-18(17)22-13)20(24)14(2)26-21(25)15-9-11-16(12-10-15)23(3)4/h5-12,14,22H,1-4H3. The molecule has 0 aliphatic rings. The van der Waals surface area contributed by atoms with Gasteiger partial charge in [-0.2, -0.15) is 0 Å². The van der Waals surface area contributed by atoms with Crippen molar-refractivity contribution in [3.63, 3.8) is 0 Å². The molecule has 2 aromatic carbocycles. The van der Waals surface area contributed by atoms with E-state index in [9.17, 15) is 9.59 Å². The smallest absolute Gasteiger partial charge is 0.338 e.